The molecule has 1 aromatic carbocycles. The first-order valence-corrected chi connectivity index (χ1v) is 10.4. The number of hydrogen-bond acceptors (Lipinski definition) is 3. The van der Waals surface area contributed by atoms with Gasteiger partial charge in [-0.2, -0.15) is 5.26 Å². The van der Waals surface area contributed by atoms with Crippen molar-refractivity contribution in [2.75, 3.05) is 0 Å². The summed E-state index contributed by atoms with van der Waals surface area (Å²) in [5, 5.41) is 8.86. The van der Waals surface area contributed by atoms with Crippen LogP contribution in [0.15, 0.2) is 29.2 Å². The zero-order valence-electron chi connectivity index (χ0n) is 14.0. The number of nitriles is 1. The fourth-order valence-corrected chi connectivity index (χ4v) is 7.19. The predicted octanol–water partition coefficient (Wildman–Crippen LogP) is 3.44. The van der Waals surface area contributed by atoms with E-state index in [0.717, 1.165) is 17.8 Å². The Bertz CT molecular complexity index is 741. The molecular formula is C19H24N2O2S. The molecule has 128 valence electrons. The summed E-state index contributed by atoms with van der Waals surface area (Å²) in [5.41, 5.74) is 0.622. The summed E-state index contributed by atoms with van der Waals surface area (Å²) in [5.74, 6) is 2.41. The van der Waals surface area contributed by atoms with Crippen LogP contribution in [0, 0.1) is 34.5 Å². The Morgan fingerprint density at radius 2 is 1.58 bits per heavy atom. The Labute approximate surface area is 144 Å². The maximum atomic E-state index is 12.7. The van der Waals surface area contributed by atoms with Crippen molar-refractivity contribution < 1.29 is 8.42 Å². The SMILES string of the molecule is CC(NS(=O)(=O)c1ccc(C#N)cc1)C12CC3CC(CC(C3)C1)C2. The second-order valence-corrected chi connectivity index (χ2v) is 9.97. The van der Waals surface area contributed by atoms with Gasteiger partial charge in [-0.1, -0.05) is 0 Å². The first kappa shape index (κ1) is 16.1. The number of rotatable bonds is 4. The second kappa shape index (κ2) is 5.57. The summed E-state index contributed by atoms with van der Waals surface area (Å²) in [4.78, 5) is 0.248. The van der Waals surface area contributed by atoms with Gasteiger partial charge in [0.15, 0.2) is 0 Å². The van der Waals surface area contributed by atoms with Crippen LogP contribution in [0.1, 0.15) is 51.0 Å². The van der Waals surface area contributed by atoms with Gasteiger partial charge >= 0.3 is 0 Å². The standard InChI is InChI=1S/C19H24N2O2S/c1-13(19-9-15-6-16(10-19)8-17(7-15)11-19)21-24(22,23)18-4-2-14(12-20)3-5-18/h2-5,13,15-17,21H,6-11H2,1H3. The predicted molar refractivity (Wildman–Crippen MR) is 91.5 cm³/mol. The Hall–Kier alpha value is -1.38. The molecule has 4 bridgehead atoms. The monoisotopic (exact) mass is 344 g/mol. The van der Waals surface area contributed by atoms with Crippen LogP contribution < -0.4 is 4.72 Å². The molecule has 1 atom stereocenters. The van der Waals surface area contributed by atoms with Gasteiger partial charge in [0.05, 0.1) is 16.5 Å². The van der Waals surface area contributed by atoms with Gasteiger partial charge in [-0.15, -0.1) is 0 Å². The number of nitrogens with zero attached hydrogens (tertiary/aromatic N) is 1. The second-order valence-electron chi connectivity index (χ2n) is 8.26. The molecule has 4 fully saturated rings. The summed E-state index contributed by atoms with van der Waals surface area (Å²) < 4.78 is 28.4. The van der Waals surface area contributed by atoms with Gasteiger partial charge in [-0.3, -0.25) is 0 Å². The molecule has 1 N–H and O–H groups in total. The molecule has 0 amide bonds. The minimum Gasteiger partial charge on any atom is -0.208 e. The molecule has 4 aliphatic rings. The smallest absolute Gasteiger partial charge is 0.208 e. The van der Waals surface area contributed by atoms with E-state index < -0.39 is 10.0 Å². The highest BCUT2D eigenvalue weighted by atomic mass is 32.2. The van der Waals surface area contributed by atoms with Crippen LogP contribution in [0.5, 0.6) is 0 Å². The maximum absolute atomic E-state index is 12.7. The molecule has 0 heterocycles. The highest BCUT2D eigenvalue weighted by molar-refractivity contribution is 7.89. The minimum absolute atomic E-state index is 0.0356. The van der Waals surface area contributed by atoms with E-state index >= 15 is 0 Å². The minimum atomic E-state index is -3.54. The molecule has 0 radical (unpaired) electrons. The molecule has 24 heavy (non-hydrogen) atoms. The lowest BCUT2D eigenvalue weighted by Crippen LogP contribution is -2.55. The molecule has 4 saturated carbocycles. The zero-order valence-corrected chi connectivity index (χ0v) is 14.8. The third kappa shape index (κ3) is 2.66. The fraction of sp³-hybridized carbons (Fsp3) is 0.632. The molecule has 4 aliphatic carbocycles. The molecule has 5 rings (SSSR count). The van der Waals surface area contributed by atoms with Crippen LogP contribution in [0.2, 0.25) is 0 Å². The summed E-state index contributed by atoms with van der Waals surface area (Å²) in [7, 11) is -3.54. The third-order valence-electron chi connectivity index (χ3n) is 6.63. The number of hydrogen-bond donors (Lipinski definition) is 1. The maximum Gasteiger partial charge on any atom is 0.240 e. The summed E-state index contributed by atoms with van der Waals surface area (Å²) in [6.07, 6.45) is 7.60. The normalized spacial score (nSPS) is 35.6. The first-order valence-electron chi connectivity index (χ1n) is 8.93. The topological polar surface area (TPSA) is 70.0 Å². The summed E-state index contributed by atoms with van der Waals surface area (Å²) >= 11 is 0. The van der Waals surface area contributed by atoms with Gasteiger partial charge in [0.25, 0.3) is 0 Å². The van der Waals surface area contributed by atoms with Crippen molar-refractivity contribution in [1.82, 2.24) is 4.72 Å². The molecule has 0 aliphatic heterocycles. The van der Waals surface area contributed by atoms with Crippen molar-refractivity contribution in [3.63, 3.8) is 0 Å². The van der Waals surface area contributed by atoms with E-state index in [4.69, 9.17) is 5.26 Å². The van der Waals surface area contributed by atoms with Gasteiger partial charge < -0.3 is 0 Å². The Morgan fingerprint density at radius 3 is 2.04 bits per heavy atom. The molecule has 0 aromatic heterocycles. The molecule has 5 heteroatoms. The molecule has 4 nitrogen and oxygen atoms in total. The van der Waals surface area contributed by atoms with E-state index in [9.17, 15) is 8.42 Å². The lowest BCUT2D eigenvalue weighted by atomic mass is 9.48. The molecule has 0 spiro atoms. The molecule has 1 aromatic rings. The van der Waals surface area contributed by atoms with Crippen molar-refractivity contribution in [3.05, 3.63) is 29.8 Å². The van der Waals surface area contributed by atoms with E-state index in [1.807, 2.05) is 13.0 Å². The highest BCUT2D eigenvalue weighted by Crippen LogP contribution is 2.61. The van der Waals surface area contributed by atoms with Crippen LogP contribution in [-0.2, 0) is 10.0 Å². The molecular weight excluding hydrogens is 320 g/mol. The quantitative estimate of drug-likeness (QED) is 0.909. The average Bonchev–Trinajstić information content (AvgIpc) is 2.53. The van der Waals surface area contributed by atoms with Crippen molar-refractivity contribution >= 4 is 10.0 Å². The van der Waals surface area contributed by atoms with Gasteiger partial charge in [0, 0.05) is 6.04 Å². The highest BCUT2D eigenvalue weighted by Gasteiger charge is 2.53. The van der Waals surface area contributed by atoms with Crippen LogP contribution in [0.3, 0.4) is 0 Å². The van der Waals surface area contributed by atoms with Gasteiger partial charge in [-0.05, 0) is 92.9 Å². The number of sulfonamides is 1. The zero-order chi connectivity index (χ0) is 16.9. The van der Waals surface area contributed by atoms with E-state index in [1.165, 1.54) is 50.7 Å². The Morgan fingerprint density at radius 1 is 1.08 bits per heavy atom. The van der Waals surface area contributed by atoms with Crippen LogP contribution in [0.25, 0.3) is 0 Å². The van der Waals surface area contributed by atoms with Crippen LogP contribution in [-0.4, -0.2) is 14.5 Å². The summed E-state index contributed by atoms with van der Waals surface area (Å²) in [6, 6.07) is 8.15. The van der Waals surface area contributed by atoms with E-state index in [-0.39, 0.29) is 16.4 Å². The lowest BCUT2D eigenvalue weighted by molar-refractivity contribution is -0.0666. The van der Waals surface area contributed by atoms with E-state index in [0.29, 0.717) is 5.56 Å². The first-order chi connectivity index (χ1) is 11.4. The third-order valence-corrected chi connectivity index (χ3v) is 8.19. The van der Waals surface area contributed by atoms with Gasteiger partial charge in [0.1, 0.15) is 0 Å². The molecule has 0 saturated heterocycles. The van der Waals surface area contributed by atoms with Gasteiger partial charge in [-0.25, -0.2) is 13.1 Å². The lowest BCUT2D eigenvalue weighted by Gasteiger charge is -2.59. The Kier molecular flexibility index (Phi) is 3.74. The van der Waals surface area contributed by atoms with E-state index in [2.05, 4.69) is 4.72 Å². The van der Waals surface area contributed by atoms with Crippen LogP contribution in [0.4, 0.5) is 0 Å². The fourth-order valence-electron chi connectivity index (χ4n) is 5.84. The van der Waals surface area contributed by atoms with Crippen molar-refractivity contribution in [2.45, 2.75) is 56.4 Å². The van der Waals surface area contributed by atoms with Crippen molar-refractivity contribution in [2.24, 2.45) is 23.2 Å². The van der Waals surface area contributed by atoms with Crippen LogP contribution >= 0.6 is 0 Å². The van der Waals surface area contributed by atoms with Crippen molar-refractivity contribution in [1.29, 1.82) is 5.26 Å². The Balaban J connectivity index is 1.55. The van der Waals surface area contributed by atoms with Gasteiger partial charge in [0.2, 0.25) is 10.0 Å². The summed E-state index contributed by atoms with van der Waals surface area (Å²) in [6.45, 7) is 2.05. The molecule has 1 unspecified atom stereocenters. The van der Waals surface area contributed by atoms with E-state index in [1.54, 1.807) is 12.1 Å². The van der Waals surface area contributed by atoms with Crippen molar-refractivity contribution in [3.8, 4) is 6.07 Å². The largest absolute Gasteiger partial charge is 0.240 e. The number of nitrogens with one attached hydrogen (secondary N) is 1. The average molecular weight is 344 g/mol. The number of benzene rings is 1.